The van der Waals surface area contributed by atoms with Crippen molar-refractivity contribution in [3.63, 3.8) is 0 Å². The molecule has 0 fully saturated rings. The predicted molar refractivity (Wildman–Crippen MR) is 67.3 cm³/mol. The summed E-state index contributed by atoms with van der Waals surface area (Å²) in [5.74, 6) is 0. The van der Waals surface area contributed by atoms with Gasteiger partial charge in [-0.1, -0.05) is 23.4 Å². The molecule has 0 bridgehead atoms. The molecule has 0 saturated carbocycles. The van der Waals surface area contributed by atoms with Crippen molar-refractivity contribution >= 4 is 17.3 Å². The smallest absolute Gasteiger partial charge is 0.149 e. The van der Waals surface area contributed by atoms with Gasteiger partial charge >= 0.3 is 0 Å². The number of benzene rings is 1. The molecule has 1 aliphatic rings. The summed E-state index contributed by atoms with van der Waals surface area (Å²) in [7, 11) is 0. The number of aryl methyl sites for hydroxylation is 1. The normalized spacial score (nSPS) is 21.5. The summed E-state index contributed by atoms with van der Waals surface area (Å²) in [5.41, 5.74) is 4.74. The zero-order valence-electron chi connectivity index (χ0n) is 9.83. The lowest BCUT2D eigenvalue weighted by Gasteiger charge is -2.10. The molecule has 1 aromatic rings. The van der Waals surface area contributed by atoms with Crippen molar-refractivity contribution in [3.05, 3.63) is 34.9 Å². The molecule has 0 N–H and O–H groups in total. The molecule has 2 unspecified atom stereocenters. The average Bonchev–Trinajstić information content (AvgIpc) is 2.71. The minimum Gasteiger partial charge on any atom is -0.390 e. The van der Waals surface area contributed by atoms with Crippen LogP contribution in [0, 0.1) is 13.8 Å². The van der Waals surface area contributed by atoms with E-state index in [0.29, 0.717) is 0 Å². The van der Waals surface area contributed by atoms with Crippen LogP contribution in [-0.4, -0.2) is 17.2 Å². The van der Waals surface area contributed by atoms with Crippen LogP contribution in [0.2, 0.25) is 0 Å². The largest absolute Gasteiger partial charge is 0.390 e. The Bertz CT molecular complexity index is 426. The monoisotopic (exact) mass is 237 g/mol. The zero-order chi connectivity index (χ0) is 11.7. The molecule has 0 aliphatic carbocycles. The van der Waals surface area contributed by atoms with Crippen molar-refractivity contribution in [1.82, 2.24) is 0 Å². The third-order valence-corrected chi connectivity index (χ3v) is 3.40. The molecule has 2 atom stereocenters. The average molecular weight is 238 g/mol. The SMILES string of the molecule is Cc1cccc(C2=NOC(C(C)Cl)C2)c1C. The number of hydrogen-bond acceptors (Lipinski definition) is 2. The predicted octanol–water partition coefficient (Wildman–Crippen LogP) is 3.42. The fourth-order valence-electron chi connectivity index (χ4n) is 1.87. The highest BCUT2D eigenvalue weighted by molar-refractivity contribution is 6.21. The molecule has 0 amide bonds. The summed E-state index contributed by atoms with van der Waals surface area (Å²) in [6.45, 7) is 6.16. The van der Waals surface area contributed by atoms with E-state index in [0.717, 1.165) is 12.1 Å². The Morgan fingerprint density at radius 1 is 1.44 bits per heavy atom. The topological polar surface area (TPSA) is 21.6 Å². The Labute approximate surface area is 101 Å². The Morgan fingerprint density at radius 3 is 2.81 bits per heavy atom. The Balaban J connectivity index is 2.24. The van der Waals surface area contributed by atoms with Crippen molar-refractivity contribution in [3.8, 4) is 0 Å². The van der Waals surface area contributed by atoms with Crippen LogP contribution in [-0.2, 0) is 4.84 Å². The lowest BCUT2D eigenvalue weighted by atomic mass is 9.96. The summed E-state index contributed by atoms with van der Waals surface area (Å²) in [6, 6.07) is 6.25. The van der Waals surface area contributed by atoms with Crippen LogP contribution >= 0.6 is 11.6 Å². The van der Waals surface area contributed by atoms with Gasteiger partial charge in [0.1, 0.15) is 6.10 Å². The molecule has 0 saturated heterocycles. The van der Waals surface area contributed by atoms with E-state index in [1.807, 2.05) is 6.92 Å². The lowest BCUT2D eigenvalue weighted by Crippen LogP contribution is -2.18. The highest BCUT2D eigenvalue weighted by Gasteiger charge is 2.26. The second-order valence-corrected chi connectivity index (χ2v) is 5.00. The molecular formula is C13H16ClNO. The van der Waals surface area contributed by atoms with Crippen LogP contribution in [0.5, 0.6) is 0 Å². The molecule has 2 nitrogen and oxygen atoms in total. The van der Waals surface area contributed by atoms with Crippen LogP contribution in [0.4, 0.5) is 0 Å². The van der Waals surface area contributed by atoms with Crippen molar-refractivity contribution < 1.29 is 4.84 Å². The number of nitrogens with zero attached hydrogens (tertiary/aromatic N) is 1. The quantitative estimate of drug-likeness (QED) is 0.723. The van der Waals surface area contributed by atoms with Gasteiger partial charge in [0, 0.05) is 12.0 Å². The van der Waals surface area contributed by atoms with Crippen molar-refractivity contribution in [2.45, 2.75) is 38.7 Å². The van der Waals surface area contributed by atoms with Gasteiger partial charge < -0.3 is 4.84 Å². The highest BCUT2D eigenvalue weighted by Crippen LogP contribution is 2.24. The second-order valence-electron chi connectivity index (χ2n) is 4.31. The molecule has 1 aliphatic heterocycles. The van der Waals surface area contributed by atoms with E-state index in [-0.39, 0.29) is 11.5 Å². The molecule has 2 rings (SSSR count). The Hall–Kier alpha value is -1.02. The van der Waals surface area contributed by atoms with Crippen molar-refractivity contribution in [2.75, 3.05) is 0 Å². The zero-order valence-corrected chi connectivity index (χ0v) is 10.6. The molecular weight excluding hydrogens is 222 g/mol. The highest BCUT2D eigenvalue weighted by atomic mass is 35.5. The molecule has 1 aromatic carbocycles. The maximum absolute atomic E-state index is 6.01. The van der Waals surface area contributed by atoms with Gasteiger partial charge in [0.15, 0.2) is 0 Å². The number of alkyl halides is 1. The minimum absolute atomic E-state index is 0.00800. The molecule has 0 radical (unpaired) electrons. The van der Waals surface area contributed by atoms with Crippen LogP contribution in [0.15, 0.2) is 23.4 Å². The number of halogens is 1. The lowest BCUT2D eigenvalue weighted by molar-refractivity contribution is 0.0855. The van der Waals surface area contributed by atoms with E-state index >= 15 is 0 Å². The van der Waals surface area contributed by atoms with Crippen molar-refractivity contribution in [1.29, 1.82) is 0 Å². The number of oxime groups is 1. The molecule has 1 heterocycles. The van der Waals surface area contributed by atoms with Gasteiger partial charge in [-0.25, -0.2) is 0 Å². The maximum atomic E-state index is 6.01. The van der Waals surface area contributed by atoms with E-state index in [1.165, 1.54) is 16.7 Å². The summed E-state index contributed by atoms with van der Waals surface area (Å²) >= 11 is 6.01. The summed E-state index contributed by atoms with van der Waals surface area (Å²) < 4.78 is 0. The second kappa shape index (κ2) is 4.46. The van der Waals surface area contributed by atoms with Gasteiger partial charge in [0.25, 0.3) is 0 Å². The minimum atomic E-state index is -0.00800. The summed E-state index contributed by atoms with van der Waals surface area (Å²) in [5, 5.41) is 4.13. The third kappa shape index (κ3) is 2.07. The molecule has 0 aromatic heterocycles. The van der Waals surface area contributed by atoms with E-state index < -0.39 is 0 Å². The third-order valence-electron chi connectivity index (χ3n) is 3.12. The summed E-state index contributed by atoms with van der Waals surface area (Å²) in [6.07, 6.45) is 0.811. The maximum Gasteiger partial charge on any atom is 0.149 e. The molecule has 86 valence electrons. The van der Waals surface area contributed by atoms with Gasteiger partial charge in [-0.05, 0) is 31.9 Å². The van der Waals surface area contributed by atoms with Gasteiger partial charge in [0.05, 0.1) is 11.1 Å². The first-order chi connectivity index (χ1) is 7.59. The Morgan fingerprint density at radius 2 is 2.19 bits per heavy atom. The van der Waals surface area contributed by atoms with Gasteiger partial charge in [-0.3, -0.25) is 0 Å². The fourth-order valence-corrected chi connectivity index (χ4v) is 2.00. The van der Waals surface area contributed by atoms with Gasteiger partial charge in [-0.2, -0.15) is 0 Å². The van der Waals surface area contributed by atoms with Crippen LogP contribution in [0.25, 0.3) is 0 Å². The van der Waals surface area contributed by atoms with E-state index in [1.54, 1.807) is 0 Å². The van der Waals surface area contributed by atoms with Crippen LogP contribution < -0.4 is 0 Å². The summed E-state index contributed by atoms with van der Waals surface area (Å²) in [4.78, 5) is 5.33. The van der Waals surface area contributed by atoms with Crippen molar-refractivity contribution in [2.24, 2.45) is 5.16 Å². The first-order valence-electron chi connectivity index (χ1n) is 5.53. The first kappa shape index (κ1) is 11.5. The Kier molecular flexibility index (Phi) is 3.20. The molecule has 3 heteroatoms. The standard InChI is InChI=1S/C13H16ClNO/c1-8-5-4-6-11(9(8)2)12-7-13(10(3)14)16-15-12/h4-6,10,13H,7H2,1-3H3. The van der Waals surface area contributed by atoms with E-state index in [9.17, 15) is 0 Å². The van der Waals surface area contributed by atoms with Gasteiger partial charge in [-0.15, -0.1) is 11.6 Å². The number of hydrogen-bond donors (Lipinski definition) is 0. The first-order valence-corrected chi connectivity index (χ1v) is 5.96. The molecule has 0 spiro atoms. The number of rotatable bonds is 2. The fraction of sp³-hybridized carbons (Fsp3) is 0.462. The molecule has 16 heavy (non-hydrogen) atoms. The van der Waals surface area contributed by atoms with E-state index in [4.69, 9.17) is 16.4 Å². The van der Waals surface area contributed by atoms with E-state index in [2.05, 4.69) is 37.2 Å². The van der Waals surface area contributed by atoms with Crippen LogP contribution in [0.1, 0.15) is 30.0 Å². The van der Waals surface area contributed by atoms with Gasteiger partial charge in [0.2, 0.25) is 0 Å². The van der Waals surface area contributed by atoms with Crippen LogP contribution in [0.3, 0.4) is 0 Å².